The number of benzene rings is 2. The first-order valence-corrected chi connectivity index (χ1v) is 7.21. The SMILES string of the molecule is O=C(/C=C/c1c(Cl)cccc1Cl)NNC(=O)c1ccc(F)cc1. The average molecular weight is 353 g/mol. The van der Waals surface area contributed by atoms with Crippen LogP contribution in [0.15, 0.2) is 48.5 Å². The number of hydrogen-bond donors (Lipinski definition) is 2. The second-order valence-corrected chi connectivity index (χ2v) is 5.23. The minimum atomic E-state index is -0.573. The Balaban J connectivity index is 1.93. The van der Waals surface area contributed by atoms with Crippen molar-refractivity contribution in [2.24, 2.45) is 0 Å². The molecule has 0 unspecified atom stereocenters. The fourth-order valence-corrected chi connectivity index (χ4v) is 2.19. The van der Waals surface area contributed by atoms with Gasteiger partial charge in [-0.25, -0.2) is 4.39 Å². The van der Waals surface area contributed by atoms with E-state index in [2.05, 4.69) is 10.9 Å². The van der Waals surface area contributed by atoms with Gasteiger partial charge < -0.3 is 0 Å². The van der Waals surface area contributed by atoms with Gasteiger partial charge in [0.25, 0.3) is 11.8 Å². The predicted molar refractivity (Wildman–Crippen MR) is 87.5 cm³/mol. The predicted octanol–water partition coefficient (Wildman–Crippen LogP) is 3.61. The largest absolute Gasteiger partial charge is 0.269 e. The van der Waals surface area contributed by atoms with E-state index in [4.69, 9.17) is 23.2 Å². The van der Waals surface area contributed by atoms with E-state index in [1.807, 2.05) is 0 Å². The molecule has 23 heavy (non-hydrogen) atoms. The summed E-state index contributed by atoms with van der Waals surface area (Å²) in [5, 5.41) is 0.800. The summed E-state index contributed by atoms with van der Waals surface area (Å²) in [5.41, 5.74) is 5.11. The molecule has 0 aliphatic rings. The van der Waals surface area contributed by atoms with E-state index >= 15 is 0 Å². The van der Waals surface area contributed by atoms with Crippen molar-refractivity contribution in [3.63, 3.8) is 0 Å². The second kappa shape index (κ2) is 7.76. The third-order valence-electron chi connectivity index (χ3n) is 2.81. The fourth-order valence-electron chi connectivity index (χ4n) is 1.66. The molecule has 0 fully saturated rings. The van der Waals surface area contributed by atoms with Gasteiger partial charge in [0.1, 0.15) is 5.82 Å². The molecule has 2 N–H and O–H groups in total. The van der Waals surface area contributed by atoms with Gasteiger partial charge in [0, 0.05) is 27.2 Å². The molecule has 4 nitrogen and oxygen atoms in total. The molecule has 2 amide bonds. The van der Waals surface area contributed by atoms with Gasteiger partial charge in [0.2, 0.25) is 0 Å². The molecule has 7 heteroatoms. The van der Waals surface area contributed by atoms with Gasteiger partial charge in [-0.3, -0.25) is 20.4 Å². The molecule has 2 rings (SSSR count). The third-order valence-corrected chi connectivity index (χ3v) is 3.47. The molecule has 2 aromatic rings. The van der Waals surface area contributed by atoms with Gasteiger partial charge in [0.15, 0.2) is 0 Å². The smallest absolute Gasteiger partial charge is 0.268 e. The molecule has 0 aliphatic carbocycles. The normalized spacial score (nSPS) is 10.6. The molecule has 0 heterocycles. The summed E-state index contributed by atoms with van der Waals surface area (Å²) in [4.78, 5) is 23.4. The van der Waals surface area contributed by atoms with E-state index in [0.29, 0.717) is 15.6 Å². The highest BCUT2D eigenvalue weighted by molar-refractivity contribution is 6.37. The summed E-state index contributed by atoms with van der Waals surface area (Å²) in [7, 11) is 0. The lowest BCUT2D eigenvalue weighted by Crippen LogP contribution is -2.40. The summed E-state index contributed by atoms with van der Waals surface area (Å²) >= 11 is 11.9. The summed E-state index contributed by atoms with van der Waals surface area (Å²) in [6.45, 7) is 0. The van der Waals surface area contributed by atoms with Crippen LogP contribution >= 0.6 is 23.2 Å². The Hall–Kier alpha value is -2.37. The lowest BCUT2D eigenvalue weighted by Gasteiger charge is -2.05. The van der Waals surface area contributed by atoms with Crippen LogP contribution in [-0.2, 0) is 4.79 Å². The van der Waals surface area contributed by atoms with Crippen molar-refractivity contribution in [1.29, 1.82) is 0 Å². The van der Waals surface area contributed by atoms with Crippen LogP contribution in [0.25, 0.3) is 6.08 Å². The van der Waals surface area contributed by atoms with E-state index in [0.717, 1.165) is 12.1 Å². The maximum Gasteiger partial charge on any atom is 0.269 e. The minimum Gasteiger partial charge on any atom is -0.268 e. The number of halogens is 3. The molecule has 0 radical (unpaired) electrons. The number of amides is 2. The van der Waals surface area contributed by atoms with Crippen molar-refractivity contribution in [2.45, 2.75) is 0 Å². The maximum absolute atomic E-state index is 12.8. The van der Waals surface area contributed by atoms with Gasteiger partial charge in [-0.05, 0) is 42.5 Å². The Labute approximate surface area is 141 Å². The zero-order valence-corrected chi connectivity index (χ0v) is 13.2. The summed E-state index contributed by atoms with van der Waals surface area (Å²) in [5.74, 6) is -1.59. The first kappa shape index (κ1) is 17.0. The van der Waals surface area contributed by atoms with E-state index in [1.54, 1.807) is 18.2 Å². The number of carbonyl (C=O) groups excluding carboxylic acids is 2. The van der Waals surface area contributed by atoms with Crippen LogP contribution in [-0.4, -0.2) is 11.8 Å². The monoisotopic (exact) mass is 352 g/mol. The molecule has 2 aromatic carbocycles. The second-order valence-electron chi connectivity index (χ2n) is 4.42. The number of nitrogens with one attached hydrogen (secondary N) is 2. The molecular weight excluding hydrogens is 342 g/mol. The van der Waals surface area contributed by atoms with Gasteiger partial charge >= 0.3 is 0 Å². The highest BCUT2D eigenvalue weighted by Crippen LogP contribution is 2.25. The van der Waals surface area contributed by atoms with Crippen LogP contribution in [0, 0.1) is 5.82 Å². The Bertz CT molecular complexity index is 741. The molecule has 118 valence electrons. The molecule has 0 atom stereocenters. The van der Waals surface area contributed by atoms with Crippen molar-refractivity contribution in [3.8, 4) is 0 Å². The van der Waals surface area contributed by atoms with E-state index < -0.39 is 17.6 Å². The van der Waals surface area contributed by atoms with Crippen LogP contribution in [0.3, 0.4) is 0 Å². The van der Waals surface area contributed by atoms with Crippen molar-refractivity contribution >= 4 is 41.1 Å². The van der Waals surface area contributed by atoms with E-state index in [9.17, 15) is 14.0 Å². The average Bonchev–Trinajstić information content (AvgIpc) is 2.53. The highest BCUT2D eigenvalue weighted by Gasteiger charge is 2.06. The lowest BCUT2D eigenvalue weighted by molar-refractivity contribution is -0.117. The molecule has 0 aliphatic heterocycles. The summed E-state index contributed by atoms with van der Waals surface area (Å²) < 4.78 is 12.8. The van der Waals surface area contributed by atoms with Gasteiger partial charge in [-0.1, -0.05) is 29.3 Å². The van der Waals surface area contributed by atoms with Crippen molar-refractivity contribution in [2.75, 3.05) is 0 Å². The molecule has 0 saturated carbocycles. The van der Waals surface area contributed by atoms with Crippen molar-refractivity contribution in [1.82, 2.24) is 10.9 Å². The molecule has 0 saturated heterocycles. The molecule has 0 aromatic heterocycles. The standard InChI is InChI=1S/C16H11Cl2FN2O2/c17-13-2-1-3-14(18)12(13)8-9-15(22)20-21-16(23)10-4-6-11(19)7-5-10/h1-9H,(H,20,22)(H,21,23)/b9-8+. The highest BCUT2D eigenvalue weighted by atomic mass is 35.5. The first-order valence-electron chi connectivity index (χ1n) is 6.45. The quantitative estimate of drug-likeness (QED) is 0.654. The Morgan fingerprint density at radius 2 is 1.57 bits per heavy atom. The first-order chi connectivity index (χ1) is 11.0. The Kier molecular flexibility index (Phi) is 5.73. The number of rotatable bonds is 3. The number of hydrogen-bond acceptors (Lipinski definition) is 2. The van der Waals surface area contributed by atoms with Crippen LogP contribution in [0.4, 0.5) is 4.39 Å². The molecule has 0 bridgehead atoms. The summed E-state index contributed by atoms with van der Waals surface area (Å²) in [6.07, 6.45) is 2.61. The topological polar surface area (TPSA) is 58.2 Å². The van der Waals surface area contributed by atoms with Gasteiger partial charge in [0.05, 0.1) is 0 Å². The van der Waals surface area contributed by atoms with Crippen LogP contribution in [0.2, 0.25) is 10.0 Å². The minimum absolute atomic E-state index is 0.213. The third kappa shape index (κ3) is 4.81. The maximum atomic E-state index is 12.8. The zero-order chi connectivity index (χ0) is 16.8. The van der Waals surface area contributed by atoms with Gasteiger partial charge in [-0.2, -0.15) is 0 Å². The van der Waals surface area contributed by atoms with E-state index in [1.165, 1.54) is 24.3 Å². The van der Waals surface area contributed by atoms with E-state index in [-0.39, 0.29) is 5.56 Å². The lowest BCUT2D eigenvalue weighted by atomic mass is 10.2. The number of hydrazine groups is 1. The summed E-state index contributed by atoms with van der Waals surface area (Å²) in [6, 6.07) is 9.87. The van der Waals surface area contributed by atoms with Crippen molar-refractivity contribution < 1.29 is 14.0 Å². The Morgan fingerprint density at radius 1 is 0.957 bits per heavy atom. The molecular formula is C16H11Cl2FN2O2. The number of carbonyl (C=O) groups is 2. The van der Waals surface area contributed by atoms with Crippen molar-refractivity contribution in [3.05, 3.63) is 75.5 Å². The zero-order valence-electron chi connectivity index (χ0n) is 11.6. The fraction of sp³-hybridized carbons (Fsp3) is 0. The van der Waals surface area contributed by atoms with Crippen LogP contribution in [0.5, 0.6) is 0 Å². The Morgan fingerprint density at radius 3 is 2.17 bits per heavy atom. The van der Waals surface area contributed by atoms with Gasteiger partial charge in [-0.15, -0.1) is 0 Å². The molecule has 0 spiro atoms. The van der Waals surface area contributed by atoms with Crippen LogP contribution in [0.1, 0.15) is 15.9 Å². The van der Waals surface area contributed by atoms with Crippen LogP contribution < -0.4 is 10.9 Å².